The lowest BCUT2D eigenvalue weighted by Crippen LogP contribution is -2.12. The summed E-state index contributed by atoms with van der Waals surface area (Å²) in [6, 6.07) is 7.82. The van der Waals surface area contributed by atoms with Crippen LogP contribution in [0.5, 0.6) is 11.5 Å². The lowest BCUT2D eigenvalue weighted by molar-refractivity contribution is 0.393. The van der Waals surface area contributed by atoms with Crippen LogP contribution in [0.25, 0.3) is 0 Å². The molecule has 0 amide bonds. The molecule has 5 nitrogen and oxygen atoms in total. The molecule has 1 aromatic rings. The summed E-state index contributed by atoms with van der Waals surface area (Å²) in [5.74, 6) is 1.56. The van der Waals surface area contributed by atoms with Gasteiger partial charge in [0.15, 0.2) is 0 Å². The Hall–Kier alpha value is -3.00. The normalized spacial score (nSPS) is 19.2. The Morgan fingerprint density at radius 2 is 1.86 bits per heavy atom. The molecule has 0 saturated heterocycles. The molecule has 0 saturated carbocycles. The summed E-state index contributed by atoms with van der Waals surface area (Å²) in [4.78, 5) is 4.27. The SMILES string of the molecule is COc1cc(OC)cc(C2C=CC=C3N=C(N)C(C#N)=C32)c1. The van der Waals surface area contributed by atoms with Gasteiger partial charge in [0.25, 0.3) is 0 Å². The summed E-state index contributed by atoms with van der Waals surface area (Å²) in [5.41, 5.74) is 8.82. The van der Waals surface area contributed by atoms with Crippen LogP contribution in [0.15, 0.2) is 58.3 Å². The Labute approximate surface area is 128 Å². The fourth-order valence-corrected chi connectivity index (χ4v) is 2.71. The number of hydrogen-bond donors (Lipinski definition) is 1. The van der Waals surface area contributed by atoms with Crippen molar-refractivity contribution >= 4 is 5.84 Å². The number of fused-ring (bicyclic) bond motifs is 1. The predicted octanol–water partition coefficient (Wildman–Crippen LogP) is 2.43. The molecular weight excluding hydrogens is 278 g/mol. The average Bonchev–Trinajstić information content (AvgIpc) is 2.89. The molecule has 0 bridgehead atoms. The van der Waals surface area contributed by atoms with E-state index in [1.54, 1.807) is 14.2 Å². The number of benzene rings is 1. The van der Waals surface area contributed by atoms with E-state index < -0.39 is 0 Å². The third kappa shape index (κ3) is 2.15. The molecule has 22 heavy (non-hydrogen) atoms. The topological polar surface area (TPSA) is 80.6 Å². The zero-order chi connectivity index (χ0) is 15.7. The molecule has 5 heteroatoms. The van der Waals surface area contributed by atoms with E-state index in [0.717, 1.165) is 16.8 Å². The van der Waals surface area contributed by atoms with Gasteiger partial charge in [-0.3, -0.25) is 0 Å². The number of ether oxygens (including phenoxy) is 2. The van der Waals surface area contributed by atoms with E-state index in [1.807, 2.05) is 36.4 Å². The van der Waals surface area contributed by atoms with Gasteiger partial charge in [-0.15, -0.1) is 0 Å². The Balaban J connectivity index is 2.14. The highest BCUT2D eigenvalue weighted by Gasteiger charge is 2.30. The summed E-state index contributed by atoms with van der Waals surface area (Å²) in [6.07, 6.45) is 5.80. The van der Waals surface area contributed by atoms with Crippen molar-refractivity contribution in [3.8, 4) is 17.6 Å². The van der Waals surface area contributed by atoms with Crippen LogP contribution >= 0.6 is 0 Å². The molecule has 3 rings (SSSR count). The maximum absolute atomic E-state index is 9.37. The number of methoxy groups -OCH3 is 2. The van der Waals surface area contributed by atoms with Crippen LogP contribution in [0.4, 0.5) is 0 Å². The van der Waals surface area contributed by atoms with E-state index >= 15 is 0 Å². The fourth-order valence-electron chi connectivity index (χ4n) is 2.71. The molecule has 1 unspecified atom stereocenters. The quantitative estimate of drug-likeness (QED) is 0.928. The van der Waals surface area contributed by atoms with Crippen LogP contribution in [-0.4, -0.2) is 20.1 Å². The zero-order valence-electron chi connectivity index (χ0n) is 12.3. The summed E-state index contributed by atoms with van der Waals surface area (Å²) in [5, 5.41) is 9.37. The molecule has 1 aromatic carbocycles. The van der Waals surface area contributed by atoms with Crippen LogP contribution in [0.3, 0.4) is 0 Å². The summed E-state index contributed by atoms with van der Waals surface area (Å²) >= 11 is 0. The first kappa shape index (κ1) is 14.0. The van der Waals surface area contributed by atoms with Crippen molar-refractivity contribution in [2.45, 2.75) is 5.92 Å². The molecule has 2 N–H and O–H groups in total. The van der Waals surface area contributed by atoms with Crippen molar-refractivity contribution in [2.75, 3.05) is 14.2 Å². The number of rotatable bonds is 3. The highest BCUT2D eigenvalue weighted by molar-refractivity contribution is 6.06. The molecule has 0 spiro atoms. The maximum Gasteiger partial charge on any atom is 0.142 e. The molecule has 1 aliphatic heterocycles. The third-order valence-corrected chi connectivity index (χ3v) is 3.76. The van der Waals surface area contributed by atoms with Gasteiger partial charge >= 0.3 is 0 Å². The van der Waals surface area contributed by atoms with Gasteiger partial charge in [-0.2, -0.15) is 5.26 Å². The molecule has 110 valence electrons. The third-order valence-electron chi connectivity index (χ3n) is 3.76. The first-order valence-electron chi connectivity index (χ1n) is 6.78. The number of aliphatic imine (C=N–C) groups is 1. The van der Waals surface area contributed by atoms with Crippen LogP contribution < -0.4 is 15.2 Å². The van der Waals surface area contributed by atoms with E-state index in [9.17, 15) is 5.26 Å². The van der Waals surface area contributed by atoms with Gasteiger partial charge in [-0.1, -0.05) is 12.2 Å². The molecule has 1 aliphatic carbocycles. The van der Waals surface area contributed by atoms with E-state index in [-0.39, 0.29) is 11.8 Å². The Kier molecular flexibility index (Phi) is 3.43. The summed E-state index contributed by atoms with van der Waals surface area (Å²) < 4.78 is 10.6. The minimum absolute atomic E-state index is 0.108. The van der Waals surface area contributed by atoms with Crippen LogP contribution in [0.1, 0.15) is 11.5 Å². The van der Waals surface area contributed by atoms with Crippen molar-refractivity contribution in [2.24, 2.45) is 10.7 Å². The number of amidine groups is 1. The van der Waals surface area contributed by atoms with Crippen molar-refractivity contribution < 1.29 is 9.47 Å². The number of allylic oxidation sites excluding steroid dienone is 4. The van der Waals surface area contributed by atoms with Crippen LogP contribution in [0, 0.1) is 11.3 Å². The average molecular weight is 293 g/mol. The summed E-state index contributed by atoms with van der Waals surface area (Å²) in [7, 11) is 3.22. The van der Waals surface area contributed by atoms with Gasteiger partial charge in [0.2, 0.25) is 0 Å². The van der Waals surface area contributed by atoms with Crippen molar-refractivity contribution in [1.82, 2.24) is 0 Å². The van der Waals surface area contributed by atoms with Crippen molar-refractivity contribution in [3.63, 3.8) is 0 Å². The summed E-state index contributed by atoms with van der Waals surface area (Å²) in [6.45, 7) is 0. The van der Waals surface area contributed by atoms with Gasteiger partial charge in [-0.05, 0) is 23.8 Å². The highest BCUT2D eigenvalue weighted by Crippen LogP contribution is 2.41. The molecule has 0 radical (unpaired) electrons. The second-order valence-corrected chi connectivity index (χ2v) is 4.96. The highest BCUT2D eigenvalue weighted by atomic mass is 16.5. The lowest BCUT2D eigenvalue weighted by Gasteiger charge is -2.20. The molecule has 1 heterocycles. The molecular formula is C17H15N3O2. The smallest absolute Gasteiger partial charge is 0.142 e. The molecule has 0 aromatic heterocycles. The largest absolute Gasteiger partial charge is 0.497 e. The standard InChI is InChI=1S/C17H15N3O2/c1-21-11-6-10(7-12(8-11)22-2)13-4-3-5-15-16(13)14(9-18)17(19)20-15/h3-8,13H,1-2H3,(H2,19,20). The van der Waals surface area contributed by atoms with E-state index in [2.05, 4.69) is 11.1 Å². The Morgan fingerprint density at radius 1 is 1.18 bits per heavy atom. The number of nitrogens with two attached hydrogens (primary N) is 1. The minimum Gasteiger partial charge on any atom is -0.497 e. The minimum atomic E-state index is -0.108. The first-order valence-corrected chi connectivity index (χ1v) is 6.78. The Morgan fingerprint density at radius 3 is 2.45 bits per heavy atom. The first-order chi connectivity index (χ1) is 10.7. The number of hydrogen-bond acceptors (Lipinski definition) is 5. The fraction of sp³-hybridized carbons (Fsp3) is 0.176. The Bertz CT molecular complexity index is 772. The monoisotopic (exact) mass is 293 g/mol. The second kappa shape index (κ2) is 5.41. The maximum atomic E-state index is 9.37. The molecule has 2 aliphatic rings. The number of nitriles is 1. The second-order valence-electron chi connectivity index (χ2n) is 4.96. The van der Waals surface area contributed by atoms with E-state index in [1.165, 1.54) is 0 Å². The van der Waals surface area contributed by atoms with E-state index in [4.69, 9.17) is 15.2 Å². The van der Waals surface area contributed by atoms with Gasteiger partial charge in [0.05, 0.1) is 19.9 Å². The molecule has 1 atom stereocenters. The van der Waals surface area contributed by atoms with Crippen LogP contribution in [-0.2, 0) is 0 Å². The van der Waals surface area contributed by atoms with Gasteiger partial charge in [0.1, 0.15) is 29.0 Å². The van der Waals surface area contributed by atoms with Gasteiger partial charge in [0, 0.05) is 17.6 Å². The van der Waals surface area contributed by atoms with Crippen LogP contribution in [0.2, 0.25) is 0 Å². The predicted molar refractivity (Wildman–Crippen MR) is 83.8 cm³/mol. The van der Waals surface area contributed by atoms with Gasteiger partial charge in [-0.25, -0.2) is 4.99 Å². The zero-order valence-corrected chi connectivity index (χ0v) is 12.3. The number of nitrogens with zero attached hydrogens (tertiary/aromatic N) is 2. The van der Waals surface area contributed by atoms with Crippen molar-refractivity contribution in [1.29, 1.82) is 5.26 Å². The van der Waals surface area contributed by atoms with E-state index in [0.29, 0.717) is 17.1 Å². The molecule has 0 fully saturated rings. The van der Waals surface area contributed by atoms with Gasteiger partial charge < -0.3 is 15.2 Å². The van der Waals surface area contributed by atoms with Crippen molar-refractivity contribution in [3.05, 3.63) is 58.8 Å². The lowest BCUT2D eigenvalue weighted by atomic mass is 9.84.